The van der Waals surface area contributed by atoms with Gasteiger partial charge >= 0.3 is 11.9 Å². The monoisotopic (exact) mass is 521 g/mol. The molecule has 0 saturated carbocycles. The molecule has 0 N–H and O–H groups in total. The van der Waals surface area contributed by atoms with Crippen molar-refractivity contribution in [3.8, 4) is 11.3 Å². The topological polar surface area (TPSA) is 102 Å². The lowest BCUT2D eigenvalue weighted by Crippen LogP contribution is -2.56. The van der Waals surface area contributed by atoms with Crippen LogP contribution in [0.4, 0.5) is 13.2 Å². The Bertz CT molecular complexity index is 983. The van der Waals surface area contributed by atoms with Gasteiger partial charge in [-0.25, -0.2) is 17.9 Å². The minimum Gasteiger partial charge on any atom is -0.463 e. The first-order valence-electron chi connectivity index (χ1n) is 9.32. The number of benzene rings is 1. The lowest BCUT2D eigenvalue weighted by atomic mass is 9.97. The van der Waals surface area contributed by atoms with Crippen molar-refractivity contribution in [2.45, 2.75) is 43.2 Å². The lowest BCUT2D eigenvalue weighted by molar-refractivity contribution is -0.207. The summed E-state index contributed by atoms with van der Waals surface area (Å²) in [5.74, 6) is -5.56. The van der Waals surface area contributed by atoms with E-state index in [-0.39, 0.29) is 17.9 Å². The van der Waals surface area contributed by atoms with Gasteiger partial charge in [0, 0.05) is 26.5 Å². The highest BCUT2D eigenvalue weighted by Crippen LogP contribution is 2.37. The highest BCUT2D eigenvalue weighted by Gasteiger charge is 2.49. The van der Waals surface area contributed by atoms with Gasteiger partial charge in [0.05, 0.1) is 6.20 Å². The van der Waals surface area contributed by atoms with Crippen molar-refractivity contribution in [1.82, 2.24) is 15.0 Å². The van der Waals surface area contributed by atoms with E-state index in [1.54, 1.807) is 0 Å². The molecular formula is C19H19BrF3N3O6. The van der Waals surface area contributed by atoms with Gasteiger partial charge in [0.1, 0.15) is 35.6 Å². The van der Waals surface area contributed by atoms with E-state index in [0.29, 0.717) is 0 Å². The van der Waals surface area contributed by atoms with Gasteiger partial charge in [-0.2, -0.15) is 0 Å². The minimum atomic E-state index is -1.60. The summed E-state index contributed by atoms with van der Waals surface area (Å²) in [5.41, 5.74) is -0.0158. The van der Waals surface area contributed by atoms with Crippen LogP contribution in [0.3, 0.4) is 0 Å². The van der Waals surface area contributed by atoms with Crippen molar-refractivity contribution in [2.24, 2.45) is 0 Å². The minimum absolute atomic E-state index is 0.0355. The van der Waals surface area contributed by atoms with Crippen LogP contribution in [-0.2, 0) is 28.5 Å². The summed E-state index contributed by atoms with van der Waals surface area (Å²) in [6, 6.07) is 0.731. The smallest absolute Gasteiger partial charge is 0.303 e. The molecule has 1 aromatic heterocycles. The van der Waals surface area contributed by atoms with Crippen molar-refractivity contribution < 1.29 is 41.7 Å². The van der Waals surface area contributed by atoms with E-state index >= 15 is 0 Å². The lowest BCUT2D eigenvalue weighted by Gasteiger charge is -2.43. The molecule has 1 aromatic carbocycles. The Hall–Kier alpha value is -2.51. The maximum absolute atomic E-state index is 13.7. The third-order valence-corrected chi connectivity index (χ3v) is 5.46. The van der Waals surface area contributed by atoms with Crippen molar-refractivity contribution in [3.63, 3.8) is 0 Å². The third kappa shape index (κ3) is 5.10. The van der Waals surface area contributed by atoms with Crippen LogP contribution in [0.1, 0.15) is 19.9 Å². The number of carbonyl (C=O) groups is 2. The maximum Gasteiger partial charge on any atom is 0.303 e. The highest BCUT2D eigenvalue weighted by atomic mass is 79.9. The van der Waals surface area contributed by atoms with Gasteiger partial charge in [0.2, 0.25) is 0 Å². The van der Waals surface area contributed by atoms with Gasteiger partial charge in [0.25, 0.3) is 0 Å². The van der Waals surface area contributed by atoms with Gasteiger partial charge in [0.15, 0.2) is 23.6 Å². The Morgan fingerprint density at radius 1 is 1.16 bits per heavy atom. The van der Waals surface area contributed by atoms with Crippen LogP contribution in [0.2, 0.25) is 0 Å². The Morgan fingerprint density at radius 3 is 2.38 bits per heavy atom. The molecule has 1 aliphatic heterocycles. The standard InChI is InChI=1S/C19H19BrF3N3O6/c1-8(27)30-7-14-17(31-9(2)28)16(18(29-3)19(20)32-14)26-6-13(24-25-26)10-4-11(21)15(23)12(22)5-10/h4-6,14,16-19H,7H2,1-3H3/t14-,16+,17+,18-,19+/m1/s1. The van der Waals surface area contributed by atoms with Crippen LogP contribution in [0.15, 0.2) is 18.3 Å². The summed E-state index contributed by atoms with van der Waals surface area (Å²) in [6.45, 7) is 2.19. The zero-order chi connectivity index (χ0) is 23.6. The number of ether oxygens (including phenoxy) is 4. The van der Waals surface area contributed by atoms with Gasteiger partial charge < -0.3 is 18.9 Å². The molecule has 0 radical (unpaired) electrons. The average Bonchev–Trinajstić information content (AvgIpc) is 3.20. The normalized spacial score (nSPS) is 25.4. The molecule has 2 aromatic rings. The second kappa shape index (κ2) is 9.96. The zero-order valence-corrected chi connectivity index (χ0v) is 18.7. The quantitative estimate of drug-likeness (QED) is 0.324. The first-order valence-corrected chi connectivity index (χ1v) is 10.2. The fraction of sp³-hybridized carbons (Fsp3) is 0.474. The first-order chi connectivity index (χ1) is 15.1. The predicted octanol–water partition coefficient (Wildman–Crippen LogP) is 2.53. The van der Waals surface area contributed by atoms with E-state index in [1.807, 2.05) is 0 Å². The zero-order valence-electron chi connectivity index (χ0n) is 17.1. The number of esters is 2. The molecule has 9 nitrogen and oxygen atoms in total. The summed E-state index contributed by atoms with van der Waals surface area (Å²) in [5, 5.41) is 7.17. The van der Waals surface area contributed by atoms with Crippen molar-refractivity contribution in [3.05, 3.63) is 35.8 Å². The van der Waals surface area contributed by atoms with Crippen molar-refractivity contribution in [2.75, 3.05) is 13.7 Å². The molecule has 1 saturated heterocycles. The molecule has 0 unspecified atom stereocenters. The number of methoxy groups -OCH3 is 1. The molecule has 0 aliphatic carbocycles. The molecule has 1 aliphatic rings. The first kappa shape index (κ1) is 24.1. The van der Waals surface area contributed by atoms with E-state index in [1.165, 1.54) is 31.8 Å². The molecule has 32 heavy (non-hydrogen) atoms. The van der Waals surface area contributed by atoms with Crippen molar-refractivity contribution in [1.29, 1.82) is 0 Å². The molecule has 0 amide bonds. The maximum atomic E-state index is 13.7. The van der Waals surface area contributed by atoms with Crippen LogP contribution in [0.5, 0.6) is 0 Å². The Balaban J connectivity index is 2.01. The van der Waals surface area contributed by atoms with E-state index in [4.69, 9.17) is 18.9 Å². The number of hydrogen-bond donors (Lipinski definition) is 0. The Labute approximate surface area is 188 Å². The van der Waals surface area contributed by atoms with Crippen LogP contribution in [0, 0.1) is 17.5 Å². The number of carbonyl (C=O) groups excluding carboxylic acids is 2. The van der Waals surface area contributed by atoms with Crippen LogP contribution in [0.25, 0.3) is 11.3 Å². The molecule has 0 spiro atoms. The van der Waals surface area contributed by atoms with E-state index in [9.17, 15) is 22.8 Å². The fourth-order valence-electron chi connectivity index (χ4n) is 3.36. The average molecular weight is 522 g/mol. The summed E-state index contributed by atoms with van der Waals surface area (Å²) in [4.78, 5) is 23.1. The van der Waals surface area contributed by atoms with E-state index in [0.717, 1.165) is 12.1 Å². The molecule has 3 rings (SSSR count). The number of nitrogens with zero attached hydrogens (tertiary/aromatic N) is 3. The van der Waals surface area contributed by atoms with Gasteiger partial charge in [-0.3, -0.25) is 9.59 Å². The summed E-state index contributed by atoms with van der Waals surface area (Å²) >= 11 is 3.34. The summed E-state index contributed by atoms with van der Waals surface area (Å²) < 4.78 is 63.6. The Kier molecular flexibility index (Phi) is 7.51. The molecule has 1 fully saturated rings. The predicted molar refractivity (Wildman–Crippen MR) is 105 cm³/mol. The van der Waals surface area contributed by atoms with Crippen LogP contribution < -0.4 is 0 Å². The molecule has 0 bridgehead atoms. The SMILES string of the molecule is CO[C@@H]1[C@@H](n2cc(-c3cc(F)c(F)c(F)c3)nn2)[C@@H](OC(C)=O)[C@@H](COC(C)=O)O[C@@H]1Br. The van der Waals surface area contributed by atoms with Crippen molar-refractivity contribution >= 4 is 27.9 Å². The van der Waals surface area contributed by atoms with Crippen LogP contribution in [-0.4, -0.2) is 64.0 Å². The highest BCUT2D eigenvalue weighted by molar-refractivity contribution is 9.09. The molecule has 2 heterocycles. The van der Waals surface area contributed by atoms with Crippen LogP contribution >= 0.6 is 15.9 Å². The molecule has 174 valence electrons. The second-order valence-electron chi connectivity index (χ2n) is 6.93. The van der Waals surface area contributed by atoms with E-state index < -0.39 is 58.8 Å². The van der Waals surface area contributed by atoms with E-state index in [2.05, 4.69) is 26.2 Å². The van der Waals surface area contributed by atoms with Gasteiger partial charge in [-0.1, -0.05) is 21.1 Å². The van der Waals surface area contributed by atoms with Gasteiger partial charge in [-0.05, 0) is 12.1 Å². The third-order valence-electron chi connectivity index (χ3n) is 4.72. The number of halogens is 4. The number of aromatic nitrogens is 3. The number of hydrogen-bond acceptors (Lipinski definition) is 8. The molecule has 13 heteroatoms. The summed E-state index contributed by atoms with van der Waals surface area (Å²) in [7, 11) is 1.40. The summed E-state index contributed by atoms with van der Waals surface area (Å²) in [6.07, 6.45) is -1.34. The molecular weight excluding hydrogens is 503 g/mol. The Morgan fingerprint density at radius 2 is 1.81 bits per heavy atom. The second-order valence-corrected chi connectivity index (χ2v) is 7.83. The van der Waals surface area contributed by atoms with Gasteiger partial charge in [-0.15, -0.1) is 5.10 Å². The fourth-order valence-corrected chi connectivity index (χ4v) is 4.17. The number of rotatable bonds is 6. The number of alkyl halides is 1. The molecule has 5 atom stereocenters. The largest absolute Gasteiger partial charge is 0.463 e.